The zero-order valence-corrected chi connectivity index (χ0v) is 17.0. The van der Waals surface area contributed by atoms with Crippen LogP contribution in [0.4, 0.5) is 0 Å². The standard InChI is InChI=1S/C23H15Cl3O2/c24-19-12-21(26)22(13-20(19)25)28-23(27)10-9-15-11-14-5-1-2-6-16(14)18-8-4-3-7-17(15)18/h1-8,11-13H,9-10H2. The number of rotatable bonds is 4. The van der Waals surface area contributed by atoms with E-state index in [1.807, 2.05) is 24.3 Å². The number of halogens is 3. The van der Waals surface area contributed by atoms with E-state index in [1.54, 1.807) is 0 Å². The third-order valence-corrected chi connectivity index (χ3v) is 5.67. The van der Waals surface area contributed by atoms with Gasteiger partial charge < -0.3 is 4.74 Å². The number of hydrogen-bond donors (Lipinski definition) is 0. The molecule has 0 aliphatic rings. The van der Waals surface area contributed by atoms with Crippen LogP contribution >= 0.6 is 34.8 Å². The molecule has 0 radical (unpaired) electrons. The molecule has 4 aromatic carbocycles. The maximum absolute atomic E-state index is 12.4. The average Bonchev–Trinajstić information content (AvgIpc) is 2.70. The van der Waals surface area contributed by atoms with Gasteiger partial charge in [-0.25, -0.2) is 0 Å². The van der Waals surface area contributed by atoms with E-state index < -0.39 is 0 Å². The van der Waals surface area contributed by atoms with Crippen molar-refractivity contribution in [2.45, 2.75) is 12.8 Å². The van der Waals surface area contributed by atoms with Crippen molar-refractivity contribution in [2.24, 2.45) is 0 Å². The lowest BCUT2D eigenvalue weighted by Gasteiger charge is -2.11. The minimum absolute atomic E-state index is 0.212. The molecule has 4 rings (SSSR count). The molecule has 0 heterocycles. The van der Waals surface area contributed by atoms with Gasteiger partial charge in [-0.2, -0.15) is 0 Å². The van der Waals surface area contributed by atoms with E-state index in [1.165, 1.54) is 22.9 Å². The van der Waals surface area contributed by atoms with Crippen LogP contribution in [0.25, 0.3) is 21.5 Å². The number of benzene rings is 4. The highest BCUT2D eigenvalue weighted by Gasteiger charge is 2.13. The van der Waals surface area contributed by atoms with Gasteiger partial charge in [0.25, 0.3) is 0 Å². The first kappa shape index (κ1) is 19.1. The highest BCUT2D eigenvalue weighted by atomic mass is 35.5. The predicted octanol–water partition coefficient (Wildman–Crippen LogP) is 7.49. The maximum atomic E-state index is 12.4. The highest BCUT2D eigenvalue weighted by Crippen LogP contribution is 2.34. The Morgan fingerprint density at radius 2 is 1.39 bits per heavy atom. The van der Waals surface area contributed by atoms with Crippen molar-refractivity contribution in [3.05, 3.63) is 87.4 Å². The molecule has 0 aromatic heterocycles. The van der Waals surface area contributed by atoms with Gasteiger partial charge in [-0.3, -0.25) is 4.79 Å². The van der Waals surface area contributed by atoms with Crippen LogP contribution in [0, 0.1) is 0 Å². The van der Waals surface area contributed by atoms with E-state index in [9.17, 15) is 4.79 Å². The lowest BCUT2D eigenvalue weighted by atomic mass is 9.95. The lowest BCUT2D eigenvalue weighted by molar-refractivity contribution is -0.134. The highest BCUT2D eigenvalue weighted by molar-refractivity contribution is 6.43. The molecule has 4 aromatic rings. The molecule has 0 aliphatic carbocycles. The molecule has 140 valence electrons. The van der Waals surface area contributed by atoms with Crippen LogP contribution < -0.4 is 4.74 Å². The molecule has 0 saturated heterocycles. The molecular weight excluding hydrogens is 415 g/mol. The average molecular weight is 430 g/mol. The van der Waals surface area contributed by atoms with Crippen LogP contribution in [0.3, 0.4) is 0 Å². The summed E-state index contributed by atoms with van der Waals surface area (Å²) in [6.07, 6.45) is 0.780. The van der Waals surface area contributed by atoms with Crippen molar-refractivity contribution >= 4 is 62.3 Å². The van der Waals surface area contributed by atoms with Crippen molar-refractivity contribution in [1.82, 2.24) is 0 Å². The Morgan fingerprint density at radius 1 is 0.750 bits per heavy atom. The van der Waals surface area contributed by atoms with Crippen LogP contribution in [0.5, 0.6) is 5.75 Å². The molecule has 0 atom stereocenters. The van der Waals surface area contributed by atoms with Crippen molar-refractivity contribution < 1.29 is 9.53 Å². The first-order valence-corrected chi connectivity index (χ1v) is 9.91. The fourth-order valence-corrected chi connectivity index (χ4v) is 3.91. The largest absolute Gasteiger partial charge is 0.425 e. The first-order valence-electron chi connectivity index (χ1n) is 8.77. The second kappa shape index (κ2) is 8.00. The Labute approximate surface area is 177 Å². The second-order valence-corrected chi connectivity index (χ2v) is 7.69. The summed E-state index contributed by atoms with van der Waals surface area (Å²) in [5, 5.41) is 5.52. The van der Waals surface area contributed by atoms with Crippen molar-refractivity contribution in [2.75, 3.05) is 0 Å². The van der Waals surface area contributed by atoms with Crippen molar-refractivity contribution in [1.29, 1.82) is 0 Å². The Morgan fingerprint density at radius 3 is 2.18 bits per heavy atom. The maximum Gasteiger partial charge on any atom is 0.311 e. The summed E-state index contributed by atoms with van der Waals surface area (Å²) in [5.74, 6) is -0.165. The molecule has 2 nitrogen and oxygen atoms in total. The summed E-state index contributed by atoms with van der Waals surface area (Å²) in [5.41, 5.74) is 1.10. The number of ether oxygens (including phenoxy) is 1. The van der Waals surface area contributed by atoms with Gasteiger partial charge in [0.05, 0.1) is 21.5 Å². The number of hydrogen-bond acceptors (Lipinski definition) is 2. The van der Waals surface area contributed by atoms with Gasteiger partial charge in [-0.1, -0.05) is 89.4 Å². The zero-order chi connectivity index (χ0) is 19.7. The van der Waals surface area contributed by atoms with E-state index >= 15 is 0 Å². The van der Waals surface area contributed by atoms with Gasteiger partial charge in [-0.15, -0.1) is 0 Å². The molecule has 5 heteroatoms. The van der Waals surface area contributed by atoms with E-state index in [0.29, 0.717) is 11.4 Å². The minimum atomic E-state index is -0.377. The third-order valence-electron chi connectivity index (χ3n) is 4.65. The molecule has 28 heavy (non-hydrogen) atoms. The van der Waals surface area contributed by atoms with Gasteiger partial charge in [0.1, 0.15) is 0 Å². The topological polar surface area (TPSA) is 26.3 Å². The summed E-state index contributed by atoms with van der Waals surface area (Å²) in [7, 11) is 0. The van der Waals surface area contributed by atoms with Crippen LogP contribution in [-0.4, -0.2) is 5.97 Å². The Balaban J connectivity index is 1.58. The van der Waals surface area contributed by atoms with Crippen LogP contribution in [0.2, 0.25) is 15.1 Å². The number of fused-ring (bicyclic) bond motifs is 3. The van der Waals surface area contributed by atoms with Crippen LogP contribution in [0.1, 0.15) is 12.0 Å². The van der Waals surface area contributed by atoms with Crippen LogP contribution in [-0.2, 0) is 11.2 Å². The summed E-state index contributed by atoms with van der Waals surface area (Å²) in [6, 6.07) is 21.5. The summed E-state index contributed by atoms with van der Waals surface area (Å²) in [6.45, 7) is 0. The van der Waals surface area contributed by atoms with Gasteiger partial charge in [0.15, 0.2) is 5.75 Å². The van der Waals surface area contributed by atoms with Crippen LogP contribution in [0.15, 0.2) is 66.7 Å². The summed E-state index contributed by atoms with van der Waals surface area (Å²) < 4.78 is 5.39. The number of carbonyl (C=O) groups is 1. The van der Waals surface area contributed by atoms with E-state index in [-0.39, 0.29) is 28.2 Å². The van der Waals surface area contributed by atoms with E-state index in [0.717, 1.165) is 16.3 Å². The zero-order valence-electron chi connectivity index (χ0n) is 14.7. The molecule has 0 unspecified atom stereocenters. The number of carbonyl (C=O) groups excluding carboxylic acids is 1. The van der Waals surface area contributed by atoms with E-state index in [4.69, 9.17) is 39.5 Å². The van der Waals surface area contributed by atoms with E-state index in [2.05, 4.69) is 30.3 Å². The van der Waals surface area contributed by atoms with Gasteiger partial charge in [0, 0.05) is 6.07 Å². The fraction of sp³-hybridized carbons (Fsp3) is 0.0870. The Hall–Kier alpha value is -2.26. The summed E-state index contributed by atoms with van der Waals surface area (Å²) >= 11 is 18.0. The lowest BCUT2D eigenvalue weighted by Crippen LogP contribution is -2.09. The predicted molar refractivity (Wildman–Crippen MR) is 117 cm³/mol. The number of esters is 1. The van der Waals surface area contributed by atoms with Gasteiger partial charge >= 0.3 is 5.97 Å². The molecular formula is C23H15Cl3O2. The molecule has 0 N–H and O–H groups in total. The molecule has 0 bridgehead atoms. The van der Waals surface area contributed by atoms with Gasteiger partial charge in [-0.05, 0) is 39.6 Å². The first-order chi connectivity index (χ1) is 13.5. The van der Waals surface area contributed by atoms with Crippen molar-refractivity contribution in [3.8, 4) is 5.75 Å². The molecule has 0 spiro atoms. The molecule has 0 saturated carbocycles. The fourth-order valence-electron chi connectivity index (χ4n) is 3.33. The monoisotopic (exact) mass is 428 g/mol. The third kappa shape index (κ3) is 3.81. The molecule has 0 amide bonds. The van der Waals surface area contributed by atoms with Gasteiger partial charge in [0.2, 0.25) is 0 Å². The quantitative estimate of drug-likeness (QED) is 0.145. The van der Waals surface area contributed by atoms with Crippen molar-refractivity contribution in [3.63, 3.8) is 0 Å². The SMILES string of the molecule is O=C(CCc1cc2ccccc2c2ccccc12)Oc1cc(Cl)c(Cl)cc1Cl. The normalized spacial score (nSPS) is 11.1. The molecule has 0 fully saturated rings. The Kier molecular flexibility index (Phi) is 5.45. The smallest absolute Gasteiger partial charge is 0.311 e. The molecule has 0 aliphatic heterocycles. The minimum Gasteiger partial charge on any atom is -0.425 e. The Bertz CT molecular complexity index is 1200. The number of aryl methyl sites for hydroxylation is 1. The second-order valence-electron chi connectivity index (χ2n) is 6.47. The summed E-state index contributed by atoms with van der Waals surface area (Å²) in [4.78, 5) is 12.4.